The fourth-order valence-electron chi connectivity index (χ4n) is 2.33. The van der Waals surface area contributed by atoms with Crippen molar-refractivity contribution in [2.45, 2.75) is 32.9 Å². The quantitative estimate of drug-likeness (QED) is 0.733. The number of aromatic nitrogens is 2. The highest BCUT2D eigenvalue weighted by Crippen LogP contribution is 2.15. The van der Waals surface area contributed by atoms with E-state index in [-0.39, 0.29) is 0 Å². The number of hydrogen-bond donors (Lipinski definition) is 2. The second-order valence-electron chi connectivity index (χ2n) is 5.86. The van der Waals surface area contributed by atoms with E-state index in [9.17, 15) is 5.11 Å². The smallest absolute Gasteiger partial charge is 0.0946 e. The lowest BCUT2D eigenvalue weighted by atomic mass is 10.0. The van der Waals surface area contributed by atoms with Gasteiger partial charge in [0.2, 0.25) is 0 Å². The first-order valence-corrected chi connectivity index (χ1v) is 7.58. The molecule has 114 valence electrons. The van der Waals surface area contributed by atoms with Crippen LogP contribution < -0.4 is 5.32 Å². The average Bonchev–Trinajstić information content (AvgIpc) is 2.97. The number of imidazole rings is 1. The average molecular weight is 287 g/mol. The van der Waals surface area contributed by atoms with Crippen molar-refractivity contribution in [2.75, 3.05) is 13.1 Å². The number of hydrogen-bond acceptors (Lipinski definition) is 3. The maximum absolute atomic E-state index is 10.2. The number of aliphatic hydroxyl groups excluding tert-OH is 1. The van der Waals surface area contributed by atoms with Gasteiger partial charge in [-0.05, 0) is 23.5 Å². The molecule has 0 saturated heterocycles. The molecule has 0 radical (unpaired) electrons. The first kappa shape index (κ1) is 15.7. The Morgan fingerprint density at radius 2 is 2.00 bits per heavy atom. The number of benzene rings is 1. The van der Waals surface area contributed by atoms with Gasteiger partial charge in [0.1, 0.15) is 0 Å². The SMILES string of the molecule is CC(C)Cc1ccc(C(O)CNCCn2ccnc2)cc1. The Morgan fingerprint density at radius 1 is 1.24 bits per heavy atom. The summed E-state index contributed by atoms with van der Waals surface area (Å²) in [6.07, 6.45) is 6.13. The highest BCUT2D eigenvalue weighted by molar-refractivity contribution is 5.24. The lowest BCUT2D eigenvalue weighted by Gasteiger charge is -2.13. The largest absolute Gasteiger partial charge is 0.387 e. The lowest BCUT2D eigenvalue weighted by molar-refractivity contribution is 0.174. The van der Waals surface area contributed by atoms with Crippen molar-refractivity contribution in [2.24, 2.45) is 5.92 Å². The summed E-state index contributed by atoms with van der Waals surface area (Å²) in [5, 5.41) is 13.4. The van der Waals surface area contributed by atoms with Crippen LogP contribution in [0.5, 0.6) is 0 Å². The first-order chi connectivity index (χ1) is 10.1. The molecule has 0 spiro atoms. The summed E-state index contributed by atoms with van der Waals surface area (Å²) in [4.78, 5) is 4.00. The fourth-order valence-corrected chi connectivity index (χ4v) is 2.33. The third-order valence-electron chi connectivity index (χ3n) is 3.45. The summed E-state index contributed by atoms with van der Waals surface area (Å²) >= 11 is 0. The predicted octanol–water partition coefficient (Wildman–Crippen LogP) is 2.40. The molecule has 1 heterocycles. The van der Waals surface area contributed by atoms with Gasteiger partial charge < -0.3 is 15.0 Å². The van der Waals surface area contributed by atoms with E-state index in [0.29, 0.717) is 12.5 Å². The molecule has 21 heavy (non-hydrogen) atoms. The number of nitrogens with zero attached hydrogens (tertiary/aromatic N) is 2. The van der Waals surface area contributed by atoms with Crippen LogP contribution in [0.15, 0.2) is 43.0 Å². The van der Waals surface area contributed by atoms with Gasteiger partial charge in [0.25, 0.3) is 0 Å². The van der Waals surface area contributed by atoms with E-state index in [1.807, 2.05) is 22.9 Å². The third-order valence-corrected chi connectivity index (χ3v) is 3.45. The highest BCUT2D eigenvalue weighted by Gasteiger charge is 2.07. The van der Waals surface area contributed by atoms with E-state index in [0.717, 1.165) is 25.1 Å². The molecule has 0 bridgehead atoms. The van der Waals surface area contributed by atoms with Gasteiger partial charge in [-0.3, -0.25) is 0 Å². The van der Waals surface area contributed by atoms with Crippen molar-refractivity contribution in [3.63, 3.8) is 0 Å². The normalized spacial score (nSPS) is 12.8. The van der Waals surface area contributed by atoms with Crippen LogP contribution in [0, 0.1) is 5.92 Å². The number of nitrogens with one attached hydrogen (secondary N) is 1. The molecule has 0 aliphatic heterocycles. The van der Waals surface area contributed by atoms with Gasteiger partial charge in [0.15, 0.2) is 0 Å². The van der Waals surface area contributed by atoms with Crippen molar-refractivity contribution < 1.29 is 5.11 Å². The van der Waals surface area contributed by atoms with E-state index < -0.39 is 6.10 Å². The minimum absolute atomic E-state index is 0.458. The van der Waals surface area contributed by atoms with Crippen molar-refractivity contribution in [1.82, 2.24) is 14.9 Å². The maximum Gasteiger partial charge on any atom is 0.0946 e. The standard InChI is InChI=1S/C17H25N3O/c1-14(2)11-15-3-5-16(6-4-15)17(21)12-18-7-9-20-10-8-19-13-20/h3-6,8,10,13-14,17-18,21H,7,9,11-12H2,1-2H3. The molecule has 0 aliphatic rings. The molecule has 4 heteroatoms. The molecular formula is C17H25N3O. The van der Waals surface area contributed by atoms with E-state index in [1.165, 1.54) is 5.56 Å². The van der Waals surface area contributed by atoms with E-state index in [1.54, 1.807) is 12.5 Å². The molecule has 0 amide bonds. The molecule has 0 saturated carbocycles. The summed E-state index contributed by atoms with van der Waals surface area (Å²) in [6.45, 7) is 6.68. The Kier molecular flexibility index (Phi) is 5.96. The van der Waals surface area contributed by atoms with Crippen LogP contribution in [0.3, 0.4) is 0 Å². The van der Waals surface area contributed by atoms with Crippen LogP contribution >= 0.6 is 0 Å². The third kappa shape index (κ3) is 5.33. The Bertz CT molecular complexity index is 505. The molecule has 1 aromatic heterocycles. The zero-order valence-corrected chi connectivity index (χ0v) is 12.9. The van der Waals surface area contributed by atoms with E-state index in [4.69, 9.17) is 0 Å². The maximum atomic E-state index is 10.2. The summed E-state index contributed by atoms with van der Waals surface area (Å²) in [7, 11) is 0. The first-order valence-electron chi connectivity index (χ1n) is 7.58. The molecule has 1 unspecified atom stereocenters. The topological polar surface area (TPSA) is 50.1 Å². The van der Waals surface area contributed by atoms with Gasteiger partial charge in [-0.15, -0.1) is 0 Å². The second kappa shape index (κ2) is 7.96. The van der Waals surface area contributed by atoms with Crippen LogP contribution in [0.4, 0.5) is 0 Å². The van der Waals surface area contributed by atoms with E-state index >= 15 is 0 Å². The van der Waals surface area contributed by atoms with Gasteiger partial charge in [0, 0.05) is 32.0 Å². The monoisotopic (exact) mass is 287 g/mol. The van der Waals surface area contributed by atoms with Crippen LogP contribution in [0.25, 0.3) is 0 Å². The van der Waals surface area contributed by atoms with Crippen LogP contribution in [0.2, 0.25) is 0 Å². The highest BCUT2D eigenvalue weighted by atomic mass is 16.3. The minimum Gasteiger partial charge on any atom is -0.387 e. The van der Waals surface area contributed by atoms with Crippen LogP contribution in [0.1, 0.15) is 31.1 Å². The van der Waals surface area contributed by atoms with E-state index in [2.05, 4.69) is 36.3 Å². The summed E-state index contributed by atoms with van der Waals surface area (Å²) in [5.41, 5.74) is 2.30. The van der Waals surface area contributed by atoms with Gasteiger partial charge in [-0.25, -0.2) is 4.98 Å². The zero-order valence-electron chi connectivity index (χ0n) is 12.9. The molecule has 2 N–H and O–H groups in total. The summed E-state index contributed by atoms with van der Waals surface area (Å²) < 4.78 is 2.01. The second-order valence-corrected chi connectivity index (χ2v) is 5.86. The van der Waals surface area contributed by atoms with Crippen molar-refractivity contribution in [3.8, 4) is 0 Å². The van der Waals surface area contributed by atoms with Gasteiger partial charge in [-0.1, -0.05) is 38.1 Å². The van der Waals surface area contributed by atoms with Gasteiger partial charge in [-0.2, -0.15) is 0 Å². The Hall–Kier alpha value is -1.65. The Labute approximate surface area is 126 Å². The van der Waals surface area contributed by atoms with Crippen LogP contribution in [-0.2, 0) is 13.0 Å². The molecule has 1 atom stereocenters. The molecule has 2 rings (SSSR count). The summed E-state index contributed by atoms with van der Waals surface area (Å²) in [5.74, 6) is 0.658. The molecule has 0 fully saturated rings. The predicted molar refractivity (Wildman–Crippen MR) is 85.0 cm³/mol. The molecule has 1 aromatic carbocycles. The van der Waals surface area contributed by atoms with Crippen molar-refractivity contribution in [3.05, 3.63) is 54.1 Å². The van der Waals surface area contributed by atoms with Crippen LogP contribution in [-0.4, -0.2) is 27.7 Å². The Morgan fingerprint density at radius 3 is 2.62 bits per heavy atom. The van der Waals surface area contributed by atoms with Gasteiger partial charge in [0.05, 0.1) is 12.4 Å². The molecule has 0 aliphatic carbocycles. The zero-order chi connectivity index (χ0) is 15.1. The lowest BCUT2D eigenvalue weighted by Crippen LogP contribution is -2.25. The Balaban J connectivity index is 1.73. The molecule has 4 nitrogen and oxygen atoms in total. The molecular weight excluding hydrogens is 262 g/mol. The number of rotatable bonds is 8. The van der Waals surface area contributed by atoms with Crippen molar-refractivity contribution >= 4 is 0 Å². The fraction of sp³-hybridized carbons (Fsp3) is 0.471. The summed E-state index contributed by atoms with van der Waals surface area (Å²) in [6, 6.07) is 8.29. The van der Waals surface area contributed by atoms with Crippen molar-refractivity contribution in [1.29, 1.82) is 0 Å². The minimum atomic E-state index is -0.458. The van der Waals surface area contributed by atoms with Gasteiger partial charge >= 0.3 is 0 Å². The number of aliphatic hydroxyl groups is 1. The molecule has 2 aromatic rings.